The maximum atomic E-state index is 10.6. The highest BCUT2D eigenvalue weighted by atomic mass is 35.5. The molecule has 0 saturated carbocycles. The highest BCUT2D eigenvalue weighted by molar-refractivity contribution is 6.33. The average Bonchev–Trinajstić information content (AvgIpc) is 3.22. The number of aliphatic hydroxyl groups excluding tert-OH is 1. The molecule has 2 atom stereocenters. The molecule has 0 amide bonds. The van der Waals surface area contributed by atoms with Gasteiger partial charge in [-0.25, -0.2) is 0 Å². The van der Waals surface area contributed by atoms with Gasteiger partial charge >= 0.3 is 0 Å². The molecule has 3 N–H and O–H groups in total. The SMILES string of the molecule is O[C@@H](C[NH2+]C[C@@H]1CCCO1)Cn1c2ccc(Cl)cc2c2cc(Cl)ccc21. The third-order valence-corrected chi connectivity index (χ3v) is 5.54. The Morgan fingerprint density at radius 2 is 1.77 bits per heavy atom. The van der Waals surface area contributed by atoms with Gasteiger partial charge in [0, 0.05) is 38.5 Å². The molecular formula is C20H23Cl2N2O2+. The Morgan fingerprint density at radius 3 is 2.35 bits per heavy atom. The van der Waals surface area contributed by atoms with E-state index >= 15 is 0 Å². The van der Waals surface area contributed by atoms with Gasteiger partial charge in [-0.1, -0.05) is 23.2 Å². The second-order valence-electron chi connectivity index (χ2n) is 6.98. The molecule has 6 heteroatoms. The van der Waals surface area contributed by atoms with Crippen molar-refractivity contribution in [1.82, 2.24) is 4.57 Å². The molecule has 0 unspecified atom stereocenters. The lowest BCUT2D eigenvalue weighted by Crippen LogP contribution is -2.88. The maximum absolute atomic E-state index is 10.6. The number of ether oxygens (including phenoxy) is 1. The van der Waals surface area contributed by atoms with Crippen LogP contribution >= 0.6 is 23.2 Å². The van der Waals surface area contributed by atoms with Crippen molar-refractivity contribution in [1.29, 1.82) is 0 Å². The van der Waals surface area contributed by atoms with Gasteiger partial charge in [-0.2, -0.15) is 0 Å². The second-order valence-corrected chi connectivity index (χ2v) is 7.86. The number of hydrogen-bond donors (Lipinski definition) is 2. The van der Waals surface area contributed by atoms with Crippen molar-refractivity contribution in [3.05, 3.63) is 46.4 Å². The summed E-state index contributed by atoms with van der Waals surface area (Å²) in [6.07, 6.45) is 2.16. The molecule has 0 radical (unpaired) electrons. The molecule has 0 aliphatic carbocycles. The molecule has 1 saturated heterocycles. The van der Waals surface area contributed by atoms with E-state index in [-0.39, 0.29) is 0 Å². The maximum Gasteiger partial charge on any atom is 0.121 e. The number of halogens is 2. The van der Waals surface area contributed by atoms with E-state index in [0.29, 0.717) is 29.2 Å². The molecule has 1 aromatic heterocycles. The number of aliphatic hydroxyl groups is 1. The lowest BCUT2D eigenvalue weighted by Gasteiger charge is -2.14. The van der Waals surface area contributed by atoms with Gasteiger partial charge in [0.15, 0.2) is 0 Å². The lowest BCUT2D eigenvalue weighted by molar-refractivity contribution is -0.666. The average molecular weight is 394 g/mol. The molecular weight excluding hydrogens is 371 g/mol. The first kappa shape index (κ1) is 18.1. The molecule has 3 aromatic rings. The molecule has 4 rings (SSSR count). The molecule has 0 bridgehead atoms. The van der Waals surface area contributed by atoms with Gasteiger partial charge in [0.25, 0.3) is 0 Å². The number of fused-ring (bicyclic) bond motifs is 3. The first-order chi connectivity index (χ1) is 12.6. The van der Waals surface area contributed by atoms with Crippen molar-refractivity contribution in [3.8, 4) is 0 Å². The smallest absolute Gasteiger partial charge is 0.121 e. The molecule has 1 aliphatic rings. The summed E-state index contributed by atoms with van der Waals surface area (Å²) in [6, 6.07) is 11.7. The summed E-state index contributed by atoms with van der Waals surface area (Å²) in [5.74, 6) is 0. The Labute approximate surface area is 162 Å². The number of quaternary nitrogens is 1. The van der Waals surface area contributed by atoms with E-state index in [4.69, 9.17) is 27.9 Å². The normalized spacial score (nSPS) is 18.8. The lowest BCUT2D eigenvalue weighted by atomic mass is 10.1. The van der Waals surface area contributed by atoms with Crippen LogP contribution in [0.2, 0.25) is 10.0 Å². The van der Waals surface area contributed by atoms with E-state index < -0.39 is 6.10 Å². The Hall–Kier alpha value is -1.30. The Kier molecular flexibility index (Phi) is 5.39. The van der Waals surface area contributed by atoms with Crippen molar-refractivity contribution in [3.63, 3.8) is 0 Å². The standard InChI is InChI=1S/C20H22Cl2N2O2/c21-13-3-5-19-17(8-13)18-9-14(22)4-6-20(18)24(19)12-15(25)10-23-11-16-2-1-7-26-16/h3-6,8-9,15-16,23,25H,1-2,7,10-12H2/p+1/t15-,16-/m0/s1. The third kappa shape index (κ3) is 3.71. The fraction of sp³-hybridized carbons (Fsp3) is 0.400. The number of benzene rings is 2. The predicted octanol–water partition coefficient (Wildman–Crippen LogP) is 3.20. The molecule has 138 valence electrons. The second kappa shape index (κ2) is 7.75. The van der Waals surface area contributed by atoms with Crippen LogP contribution in [0.15, 0.2) is 36.4 Å². The minimum absolute atomic E-state index is 0.333. The van der Waals surface area contributed by atoms with Crippen LogP contribution in [0.3, 0.4) is 0 Å². The largest absolute Gasteiger partial charge is 0.385 e. The van der Waals surface area contributed by atoms with Crippen molar-refractivity contribution in [2.45, 2.75) is 31.6 Å². The molecule has 4 nitrogen and oxygen atoms in total. The summed E-state index contributed by atoms with van der Waals surface area (Å²) < 4.78 is 7.79. The number of nitrogens with two attached hydrogens (primary N) is 1. The third-order valence-electron chi connectivity index (χ3n) is 5.07. The molecule has 1 aliphatic heterocycles. The van der Waals surface area contributed by atoms with E-state index in [9.17, 15) is 5.11 Å². The van der Waals surface area contributed by atoms with Crippen molar-refractivity contribution in [2.75, 3.05) is 19.7 Å². The molecule has 1 fully saturated rings. The van der Waals surface area contributed by atoms with Crippen LogP contribution in [-0.4, -0.2) is 41.6 Å². The summed E-state index contributed by atoms with van der Waals surface area (Å²) in [7, 11) is 0. The van der Waals surface area contributed by atoms with Crippen LogP contribution < -0.4 is 5.32 Å². The first-order valence-corrected chi connectivity index (χ1v) is 9.86. The first-order valence-electron chi connectivity index (χ1n) is 9.10. The van der Waals surface area contributed by atoms with E-state index in [2.05, 4.69) is 9.88 Å². The van der Waals surface area contributed by atoms with E-state index in [1.54, 1.807) is 0 Å². The topological polar surface area (TPSA) is 51.0 Å². The van der Waals surface area contributed by atoms with E-state index in [1.165, 1.54) is 0 Å². The summed E-state index contributed by atoms with van der Waals surface area (Å²) in [5.41, 5.74) is 2.12. The van der Waals surface area contributed by atoms with Gasteiger partial charge in [0.2, 0.25) is 0 Å². The predicted molar refractivity (Wildman–Crippen MR) is 106 cm³/mol. The van der Waals surface area contributed by atoms with Gasteiger partial charge in [-0.05, 0) is 49.2 Å². The minimum atomic E-state index is -0.443. The molecule has 2 aromatic carbocycles. The van der Waals surface area contributed by atoms with Gasteiger partial charge in [0.05, 0.1) is 6.54 Å². The quantitative estimate of drug-likeness (QED) is 0.675. The van der Waals surface area contributed by atoms with Crippen LogP contribution in [-0.2, 0) is 11.3 Å². The van der Waals surface area contributed by atoms with Gasteiger partial charge in [0.1, 0.15) is 25.3 Å². The van der Waals surface area contributed by atoms with Crippen LogP contribution in [0.25, 0.3) is 21.8 Å². The Bertz CT molecular complexity index is 860. The highest BCUT2D eigenvalue weighted by Gasteiger charge is 2.19. The zero-order valence-electron chi connectivity index (χ0n) is 14.5. The fourth-order valence-electron chi connectivity index (χ4n) is 3.84. The highest BCUT2D eigenvalue weighted by Crippen LogP contribution is 2.32. The van der Waals surface area contributed by atoms with Crippen LogP contribution in [0.5, 0.6) is 0 Å². The van der Waals surface area contributed by atoms with Gasteiger partial charge in [-0.3, -0.25) is 0 Å². The molecule has 0 spiro atoms. The van der Waals surface area contributed by atoms with Crippen LogP contribution in [0.4, 0.5) is 0 Å². The van der Waals surface area contributed by atoms with Crippen LogP contribution in [0.1, 0.15) is 12.8 Å². The number of nitrogens with zero attached hydrogens (tertiary/aromatic N) is 1. The van der Waals surface area contributed by atoms with E-state index in [0.717, 1.165) is 47.8 Å². The fourth-order valence-corrected chi connectivity index (χ4v) is 4.18. The Balaban J connectivity index is 1.56. The number of hydrogen-bond acceptors (Lipinski definition) is 2. The van der Waals surface area contributed by atoms with Crippen molar-refractivity contribution < 1.29 is 15.2 Å². The van der Waals surface area contributed by atoms with Crippen LogP contribution in [0, 0.1) is 0 Å². The Morgan fingerprint density at radius 1 is 1.12 bits per heavy atom. The zero-order chi connectivity index (χ0) is 18.1. The van der Waals surface area contributed by atoms with E-state index in [1.807, 2.05) is 36.4 Å². The van der Waals surface area contributed by atoms with Gasteiger partial charge in [-0.15, -0.1) is 0 Å². The summed E-state index contributed by atoms with van der Waals surface area (Å²) in [5, 5.41) is 16.2. The molecule has 2 heterocycles. The monoisotopic (exact) mass is 393 g/mol. The summed E-state index contributed by atoms with van der Waals surface area (Å²) >= 11 is 12.4. The van der Waals surface area contributed by atoms with Gasteiger partial charge < -0.3 is 19.7 Å². The van der Waals surface area contributed by atoms with Crippen molar-refractivity contribution >= 4 is 45.0 Å². The minimum Gasteiger partial charge on any atom is -0.385 e. The number of aromatic nitrogens is 1. The van der Waals surface area contributed by atoms with Crippen molar-refractivity contribution in [2.24, 2.45) is 0 Å². The summed E-state index contributed by atoms with van der Waals surface area (Å²) in [6.45, 7) is 2.97. The summed E-state index contributed by atoms with van der Waals surface area (Å²) in [4.78, 5) is 0. The zero-order valence-corrected chi connectivity index (χ0v) is 16.0. The number of rotatable bonds is 6. The molecule has 26 heavy (non-hydrogen) atoms.